The predicted molar refractivity (Wildman–Crippen MR) is 131 cm³/mol. The third-order valence-corrected chi connectivity index (χ3v) is 6.55. The molecule has 0 spiro atoms. The van der Waals surface area contributed by atoms with Gasteiger partial charge in [-0.3, -0.25) is 9.36 Å². The maximum Gasteiger partial charge on any atom is 0.266 e. The third kappa shape index (κ3) is 3.02. The molecular formula is C27H17N3OS. The average molecular weight is 432 g/mol. The standard InChI is InChI=1S/C27H17N3OS/c31-27-19-12-4-6-14-21(19)28-25(18-10-2-1-3-11-18)30(27)23-16-8-5-13-20(23)26-29-22-15-7-9-17-24(22)32-26/h1-17H. The third-order valence-electron chi connectivity index (χ3n) is 5.48. The maximum atomic E-state index is 13.8. The zero-order chi connectivity index (χ0) is 21.5. The Morgan fingerprint density at radius 3 is 2.19 bits per heavy atom. The van der Waals surface area contributed by atoms with Gasteiger partial charge in [0, 0.05) is 11.1 Å². The molecule has 0 N–H and O–H groups in total. The second-order valence-electron chi connectivity index (χ2n) is 7.46. The van der Waals surface area contributed by atoms with Crippen LogP contribution in [0.4, 0.5) is 0 Å². The minimum absolute atomic E-state index is 0.0944. The summed E-state index contributed by atoms with van der Waals surface area (Å²) in [5, 5.41) is 1.46. The Labute approximate surface area is 188 Å². The van der Waals surface area contributed by atoms with Crippen molar-refractivity contribution in [1.29, 1.82) is 0 Å². The fourth-order valence-electron chi connectivity index (χ4n) is 3.97. The number of thiazole rings is 1. The monoisotopic (exact) mass is 431 g/mol. The van der Waals surface area contributed by atoms with E-state index in [0.717, 1.165) is 32.0 Å². The van der Waals surface area contributed by atoms with Crippen LogP contribution in [0.25, 0.3) is 48.8 Å². The van der Waals surface area contributed by atoms with Gasteiger partial charge in [0.25, 0.3) is 5.56 Å². The Hall–Kier alpha value is -4.09. The lowest BCUT2D eigenvalue weighted by molar-refractivity contribution is 0.977. The normalized spacial score (nSPS) is 11.2. The van der Waals surface area contributed by atoms with Crippen LogP contribution in [-0.2, 0) is 0 Å². The van der Waals surface area contributed by atoms with Crippen molar-refractivity contribution in [2.45, 2.75) is 0 Å². The van der Waals surface area contributed by atoms with Gasteiger partial charge in [-0.25, -0.2) is 9.97 Å². The zero-order valence-electron chi connectivity index (χ0n) is 17.0. The lowest BCUT2D eigenvalue weighted by Gasteiger charge is -2.16. The Bertz CT molecular complexity index is 1620. The molecule has 0 radical (unpaired) electrons. The van der Waals surface area contributed by atoms with E-state index in [-0.39, 0.29) is 5.56 Å². The molecule has 0 aliphatic rings. The van der Waals surface area contributed by atoms with Crippen LogP contribution >= 0.6 is 11.3 Å². The molecule has 0 fully saturated rings. The quantitative estimate of drug-likeness (QED) is 0.329. The molecule has 4 nitrogen and oxygen atoms in total. The van der Waals surface area contributed by atoms with Crippen molar-refractivity contribution in [3.63, 3.8) is 0 Å². The summed E-state index contributed by atoms with van der Waals surface area (Å²) in [6.45, 7) is 0. The van der Waals surface area contributed by atoms with Gasteiger partial charge in [-0.05, 0) is 36.4 Å². The Balaban J connectivity index is 1.69. The SMILES string of the molecule is O=c1c2ccccc2nc(-c2ccccc2)n1-c1ccccc1-c1nc2ccccc2s1. The van der Waals surface area contributed by atoms with Gasteiger partial charge < -0.3 is 0 Å². The van der Waals surface area contributed by atoms with E-state index in [0.29, 0.717) is 16.7 Å². The van der Waals surface area contributed by atoms with Crippen molar-refractivity contribution in [1.82, 2.24) is 14.5 Å². The topological polar surface area (TPSA) is 47.8 Å². The Morgan fingerprint density at radius 1 is 0.656 bits per heavy atom. The summed E-state index contributed by atoms with van der Waals surface area (Å²) in [5.41, 5.74) is 4.11. The molecule has 32 heavy (non-hydrogen) atoms. The molecule has 0 aliphatic carbocycles. The van der Waals surface area contributed by atoms with E-state index < -0.39 is 0 Å². The smallest absolute Gasteiger partial charge is 0.266 e. The lowest BCUT2D eigenvalue weighted by Crippen LogP contribution is -2.22. The molecule has 2 heterocycles. The minimum Gasteiger partial charge on any atom is -0.268 e. The fraction of sp³-hybridized carbons (Fsp3) is 0. The number of para-hydroxylation sites is 3. The summed E-state index contributed by atoms with van der Waals surface area (Å²) < 4.78 is 2.84. The Kier molecular flexibility index (Phi) is 4.40. The van der Waals surface area contributed by atoms with Gasteiger partial charge in [-0.1, -0.05) is 66.7 Å². The molecule has 6 aromatic rings. The first-order chi connectivity index (χ1) is 15.8. The molecule has 0 atom stereocenters. The highest BCUT2D eigenvalue weighted by Gasteiger charge is 2.18. The van der Waals surface area contributed by atoms with Crippen LogP contribution < -0.4 is 5.56 Å². The minimum atomic E-state index is -0.0944. The molecule has 4 aromatic carbocycles. The van der Waals surface area contributed by atoms with E-state index in [1.807, 2.05) is 97.1 Å². The van der Waals surface area contributed by atoms with Crippen molar-refractivity contribution < 1.29 is 0 Å². The number of rotatable bonds is 3. The molecule has 0 aliphatic heterocycles. The van der Waals surface area contributed by atoms with E-state index in [2.05, 4.69) is 6.07 Å². The van der Waals surface area contributed by atoms with Crippen molar-refractivity contribution in [3.8, 4) is 27.6 Å². The fourth-order valence-corrected chi connectivity index (χ4v) is 4.97. The number of hydrogen-bond acceptors (Lipinski definition) is 4. The number of fused-ring (bicyclic) bond motifs is 2. The van der Waals surface area contributed by atoms with E-state index in [9.17, 15) is 4.79 Å². The van der Waals surface area contributed by atoms with Crippen molar-refractivity contribution in [2.75, 3.05) is 0 Å². The molecule has 0 saturated carbocycles. The van der Waals surface area contributed by atoms with E-state index in [1.165, 1.54) is 0 Å². The summed E-state index contributed by atoms with van der Waals surface area (Å²) in [4.78, 5) is 23.5. The van der Waals surface area contributed by atoms with Crippen molar-refractivity contribution in [3.05, 3.63) is 113 Å². The van der Waals surface area contributed by atoms with Crippen LogP contribution in [0.15, 0.2) is 108 Å². The summed E-state index contributed by atoms with van der Waals surface area (Å²) in [6, 6.07) is 33.3. The molecule has 0 saturated heterocycles. The lowest BCUT2D eigenvalue weighted by atomic mass is 10.1. The molecule has 0 amide bonds. The van der Waals surface area contributed by atoms with Crippen LogP contribution in [0.3, 0.4) is 0 Å². The van der Waals surface area contributed by atoms with Gasteiger partial charge >= 0.3 is 0 Å². The second-order valence-corrected chi connectivity index (χ2v) is 8.49. The molecule has 6 rings (SSSR count). The average Bonchev–Trinajstić information content (AvgIpc) is 3.29. The summed E-state index contributed by atoms with van der Waals surface area (Å²) >= 11 is 1.62. The first kappa shape index (κ1) is 18.7. The summed E-state index contributed by atoms with van der Waals surface area (Å²) in [6.07, 6.45) is 0. The summed E-state index contributed by atoms with van der Waals surface area (Å²) in [7, 11) is 0. The van der Waals surface area contributed by atoms with Gasteiger partial charge in [-0.2, -0.15) is 0 Å². The van der Waals surface area contributed by atoms with Crippen molar-refractivity contribution in [2.24, 2.45) is 0 Å². The van der Waals surface area contributed by atoms with Gasteiger partial charge in [0.15, 0.2) is 0 Å². The number of aromatic nitrogens is 3. The van der Waals surface area contributed by atoms with Crippen LogP contribution in [-0.4, -0.2) is 14.5 Å². The van der Waals surface area contributed by atoms with E-state index >= 15 is 0 Å². The largest absolute Gasteiger partial charge is 0.268 e. The second kappa shape index (κ2) is 7.55. The maximum absolute atomic E-state index is 13.8. The van der Waals surface area contributed by atoms with Crippen molar-refractivity contribution >= 4 is 32.5 Å². The molecular weight excluding hydrogens is 414 g/mol. The highest BCUT2D eigenvalue weighted by Crippen LogP contribution is 2.34. The predicted octanol–water partition coefficient (Wildman–Crippen LogP) is 6.33. The molecule has 0 unspecified atom stereocenters. The van der Waals surface area contributed by atoms with Crippen LogP contribution in [0.2, 0.25) is 0 Å². The zero-order valence-corrected chi connectivity index (χ0v) is 17.8. The van der Waals surface area contributed by atoms with Crippen LogP contribution in [0.5, 0.6) is 0 Å². The van der Waals surface area contributed by atoms with Gasteiger partial charge in [-0.15, -0.1) is 11.3 Å². The molecule has 5 heteroatoms. The van der Waals surface area contributed by atoms with Crippen LogP contribution in [0, 0.1) is 0 Å². The summed E-state index contributed by atoms with van der Waals surface area (Å²) in [5.74, 6) is 0.614. The highest BCUT2D eigenvalue weighted by atomic mass is 32.1. The van der Waals surface area contributed by atoms with Gasteiger partial charge in [0.2, 0.25) is 0 Å². The van der Waals surface area contributed by atoms with E-state index in [1.54, 1.807) is 15.9 Å². The molecule has 152 valence electrons. The number of hydrogen-bond donors (Lipinski definition) is 0. The van der Waals surface area contributed by atoms with Crippen LogP contribution in [0.1, 0.15) is 0 Å². The first-order valence-electron chi connectivity index (χ1n) is 10.3. The number of nitrogens with zero attached hydrogens (tertiary/aromatic N) is 3. The first-order valence-corrected chi connectivity index (χ1v) is 11.1. The molecule has 0 bridgehead atoms. The number of benzene rings is 4. The van der Waals surface area contributed by atoms with E-state index in [4.69, 9.17) is 9.97 Å². The highest BCUT2D eigenvalue weighted by molar-refractivity contribution is 7.21. The van der Waals surface area contributed by atoms with Gasteiger partial charge in [0.1, 0.15) is 10.8 Å². The van der Waals surface area contributed by atoms with Gasteiger partial charge in [0.05, 0.1) is 26.8 Å². The Morgan fingerprint density at radius 2 is 1.34 bits per heavy atom. The molecule has 2 aromatic heterocycles.